The summed E-state index contributed by atoms with van der Waals surface area (Å²) >= 11 is 0. The Hall–Kier alpha value is -3.68. The first-order chi connectivity index (χ1) is 15.4. The average Bonchev–Trinajstić information content (AvgIpc) is 3.21. The maximum atomic E-state index is 13.3. The topological polar surface area (TPSA) is 95.8 Å². The number of fused-ring (bicyclic) bond motifs is 1. The minimum atomic E-state index is -0.353. The lowest BCUT2D eigenvalue weighted by atomic mass is 9.95. The number of hydrogen-bond acceptors (Lipinski definition) is 5. The van der Waals surface area contributed by atoms with E-state index in [0.717, 1.165) is 17.2 Å². The van der Waals surface area contributed by atoms with E-state index in [2.05, 4.69) is 10.5 Å². The van der Waals surface area contributed by atoms with Crippen LogP contribution < -0.4 is 5.32 Å². The number of nitrogens with zero attached hydrogens (tertiary/aromatic N) is 3. The Balaban J connectivity index is 1.40. The molecular formula is C24H26N4O4. The van der Waals surface area contributed by atoms with E-state index in [4.69, 9.17) is 4.52 Å². The van der Waals surface area contributed by atoms with Gasteiger partial charge in [-0.2, -0.15) is 0 Å². The van der Waals surface area contributed by atoms with Crippen molar-refractivity contribution in [3.8, 4) is 0 Å². The van der Waals surface area contributed by atoms with Gasteiger partial charge in [-0.05, 0) is 36.6 Å². The fourth-order valence-corrected chi connectivity index (χ4v) is 4.16. The number of benzene rings is 2. The molecule has 1 aliphatic heterocycles. The van der Waals surface area contributed by atoms with Crippen LogP contribution in [0.2, 0.25) is 0 Å². The number of amides is 3. The van der Waals surface area contributed by atoms with Gasteiger partial charge in [0.25, 0.3) is 5.91 Å². The molecule has 0 saturated carbocycles. The molecule has 8 heteroatoms. The number of likely N-dealkylation sites (N-methyl/N-ethyl adjacent to an activating group) is 1. The average molecular weight is 434 g/mol. The van der Waals surface area contributed by atoms with Crippen LogP contribution in [0, 0.1) is 12.8 Å². The van der Waals surface area contributed by atoms with Crippen molar-refractivity contribution in [3.63, 3.8) is 0 Å². The minimum absolute atomic E-state index is 0.0684. The molecule has 1 atom stereocenters. The number of carbonyl (C=O) groups is 3. The predicted octanol–water partition coefficient (Wildman–Crippen LogP) is 3.09. The van der Waals surface area contributed by atoms with E-state index in [0.29, 0.717) is 36.7 Å². The molecule has 3 aromatic rings. The summed E-state index contributed by atoms with van der Waals surface area (Å²) < 4.78 is 4.93. The molecule has 0 radical (unpaired) electrons. The smallest absolute Gasteiger partial charge is 0.254 e. The van der Waals surface area contributed by atoms with Crippen LogP contribution in [0.15, 0.2) is 53.1 Å². The fourth-order valence-electron chi connectivity index (χ4n) is 4.16. The van der Waals surface area contributed by atoms with Crippen LogP contribution in [0.25, 0.3) is 10.8 Å². The first-order valence-corrected chi connectivity index (χ1v) is 10.7. The van der Waals surface area contributed by atoms with Crippen LogP contribution in [0.4, 0.5) is 5.82 Å². The molecule has 1 saturated heterocycles. The quantitative estimate of drug-likeness (QED) is 0.666. The Morgan fingerprint density at radius 1 is 1.19 bits per heavy atom. The van der Waals surface area contributed by atoms with Gasteiger partial charge in [0, 0.05) is 31.8 Å². The third kappa shape index (κ3) is 4.64. The van der Waals surface area contributed by atoms with Gasteiger partial charge in [-0.25, -0.2) is 0 Å². The molecule has 4 rings (SSSR count). The number of aromatic nitrogens is 1. The summed E-state index contributed by atoms with van der Waals surface area (Å²) in [4.78, 5) is 41.6. The number of rotatable bonds is 5. The molecule has 1 aromatic heterocycles. The van der Waals surface area contributed by atoms with Crippen molar-refractivity contribution in [2.45, 2.75) is 19.8 Å². The molecule has 1 N–H and O–H groups in total. The molecule has 0 spiro atoms. The normalized spacial score (nSPS) is 16.1. The molecular weight excluding hydrogens is 408 g/mol. The Labute approximate surface area is 186 Å². The van der Waals surface area contributed by atoms with Crippen LogP contribution >= 0.6 is 0 Å². The molecule has 1 unspecified atom stereocenters. The van der Waals surface area contributed by atoms with Gasteiger partial charge in [-0.3, -0.25) is 14.4 Å². The molecule has 8 nitrogen and oxygen atoms in total. The zero-order chi connectivity index (χ0) is 22.7. The third-order valence-electron chi connectivity index (χ3n) is 5.73. The molecule has 1 aliphatic rings. The molecule has 2 aromatic carbocycles. The van der Waals surface area contributed by atoms with E-state index < -0.39 is 0 Å². The maximum Gasteiger partial charge on any atom is 0.254 e. The lowest BCUT2D eigenvalue weighted by molar-refractivity contribution is -0.138. The number of aryl methyl sites for hydroxylation is 1. The van der Waals surface area contributed by atoms with Crippen LogP contribution in [-0.2, 0) is 9.59 Å². The maximum absolute atomic E-state index is 13.3. The molecule has 2 heterocycles. The number of piperidine rings is 1. The first kappa shape index (κ1) is 21.5. The van der Waals surface area contributed by atoms with Gasteiger partial charge in [0.05, 0.1) is 12.5 Å². The molecule has 166 valence electrons. The molecule has 0 aliphatic carbocycles. The Kier molecular flexibility index (Phi) is 6.20. The second-order valence-electron chi connectivity index (χ2n) is 8.18. The second kappa shape index (κ2) is 9.21. The summed E-state index contributed by atoms with van der Waals surface area (Å²) in [5, 5.41) is 8.26. The van der Waals surface area contributed by atoms with E-state index in [-0.39, 0.29) is 30.2 Å². The highest BCUT2D eigenvalue weighted by Gasteiger charge is 2.31. The van der Waals surface area contributed by atoms with E-state index in [9.17, 15) is 14.4 Å². The number of hydrogen-bond donors (Lipinski definition) is 1. The van der Waals surface area contributed by atoms with Gasteiger partial charge in [0.15, 0.2) is 5.82 Å². The summed E-state index contributed by atoms with van der Waals surface area (Å²) in [6.45, 7) is 2.59. The number of likely N-dealkylation sites (tertiary alicyclic amines) is 1. The molecule has 3 amide bonds. The second-order valence-corrected chi connectivity index (χ2v) is 8.18. The number of carbonyl (C=O) groups excluding carboxylic acids is 3. The fraction of sp³-hybridized carbons (Fsp3) is 0.333. The van der Waals surface area contributed by atoms with Crippen LogP contribution in [-0.4, -0.2) is 59.4 Å². The van der Waals surface area contributed by atoms with Gasteiger partial charge in [0.2, 0.25) is 11.8 Å². The predicted molar refractivity (Wildman–Crippen MR) is 120 cm³/mol. The highest BCUT2D eigenvalue weighted by molar-refractivity contribution is 6.07. The van der Waals surface area contributed by atoms with Gasteiger partial charge in [-0.15, -0.1) is 0 Å². The van der Waals surface area contributed by atoms with E-state index in [1.165, 1.54) is 4.90 Å². The zero-order valence-electron chi connectivity index (χ0n) is 18.2. The zero-order valence-corrected chi connectivity index (χ0v) is 18.2. The summed E-state index contributed by atoms with van der Waals surface area (Å²) in [6.07, 6.45) is 1.43. The van der Waals surface area contributed by atoms with Crippen molar-refractivity contribution in [3.05, 3.63) is 59.9 Å². The lowest BCUT2D eigenvalue weighted by Crippen LogP contribution is -2.47. The van der Waals surface area contributed by atoms with Crippen molar-refractivity contribution < 1.29 is 18.9 Å². The van der Waals surface area contributed by atoms with Crippen molar-refractivity contribution in [1.82, 2.24) is 15.0 Å². The van der Waals surface area contributed by atoms with Crippen molar-refractivity contribution in [2.75, 3.05) is 32.0 Å². The lowest BCUT2D eigenvalue weighted by Gasteiger charge is -2.34. The first-order valence-electron chi connectivity index (χ1n) is 10.7. The standard InChI is InChI=1S/C24H26N4O4/c1-16-13-21(26-32-16)25-22(29)15-27(2)23(30)18-9-6-12-28(14-18)24(31)20-11-5-8-17-7-3-4-10-19(17)20/h3-5,7-8,10-11,13,18H,6,9,12,14-15H2,1-2H3,(H,25,26,29). The Morgan fingerprint density at radius 2 is 1.97 bits per heavy atom. The van der Waals surface area contributed by atoms with Gasteiger partial charge in [0.1, 0.15) is 5.76 Å². The number of anilines is 1. The monoisotopic (exact) mass is 434 g/mol. The summed E-state index contributed by atoms with van der Waals surface area (Å²) in [6, 6.07) is 15.1. The summed E-state index contributed by atoms with van der Waals surface area (Å²) in [5.41, 5.74) is 0.645. The molecule has 0 bridgehead atoms. The Morgan fingerprint density at radius 3 is 2.75 bits per heavy atom. The SMILES string of the molecule is Cc1cc(NC(=O)CN(C)C(=O)C2CCCN(C(=O)c3cccc4ccccc34)C2)no1. The van der Waals surface area contributed by atoms with E-state index in [1.54, 1.807) is 24.9 Å². The summed E-state index contributed by atoms with van der Waals surface area (Å²) in [7, 11) is 1.60. The highest BCUT2D eigenvalue weighted by atomic mass is 16.5. The van der Waals surface area contributed by atoms with Crippen LogP contribution in [0.3, 0.4) is 0 Å². The van der Waals surface area contributed by atoms with Gasteiger partial charge in [-0.1, -0.05) is 41.6 Å². The van der Waals surface area contributed by atoms with Gasteiger partial charge < -0.3 is 19.6 Å². The minimum Gasteiger partial charge on any atom is -0.360 e. The largest absolute Gasteiger partial charge is 0.360 e. The molecule has 1 fully saturated rings. The van der Waals surface area contributed by atoms with Crippen molar-refractivity contribution >= 4 is 34.3 Å². The molecule has 32 heavy (non-hydrogen) atoms. The number of nitrogens with one attached hydrogen (secondary N) is 1. The Bertz CT molecular complexity index is 1150. The van der Waals surface area contributed by atoms with Crippen LogP contribution in [0.1, 0.15) is 29.0 Å². The summed E-state index contributed by atoms with van der Waals surface area (Å²) in [5.74, 6) is -0.00261. The van der Waals surface area contributed by atoms with E-state index in [1.807, 2.05) is 42.5 Å². The highest BCUT2D eigenvalue weighted by Crippen LogP contribution is 2.24. The third-order valence-corrected chi connectivity index (χ3v) is 5.73. The van der Waals surface area contributed by atoms with Crippen LogP contribution in [0.5, 0.6) is 0 Å². The van der Waals surface area contributed by atoms with Gasteiger partial charge >= 0.3 is 0 Å². The van der Waals surface area contributed by atoms with Crippen molar-refractivity contribution in [1.29, 1.82) is 0 Å². The van der Waals surface area contributed by atoms with E-state index >= 15 is 0 Å². The van der Waals surface area contributed by atoms with Crippen molar-refractivity contribution in [2.24, 2.45) is 5.92 Å².